The van der Waals surface area contributed by atoms with Gasteiger partial charge in [-0.25, -0.2) is 4.39 Å². The summed E-state index contributed by atoms with van der Waals surface area (Å²) in [7, 11) is 0. The number of alkyl halides is 1. The molecule has 7 heteroatoms. The van der Waals surface area contributed by atoms with Gasteiger partial charge in [-0.3, -0.25) is 9.59 Å². The first-order valence-corrected chi connectivity index (χ1v) is 12.2. The van der Waals surface area contributed by atoms with E-state index in [4.69, 9.17) is 5.26 Å². The van der Waals surface area contributed by atoms with Crippen LogP contribution in [0.2, 0.25) is 0 Å². The molecule has 2 N–H and O–H groups in total. The van der Waals surface area contributed by atoms with Gasteiger partial charge in [-0.2, -0.15) is 5.26 Å². The molecule has 2 aliphatic rings. The van der Waals surface area contributed by atoms with Crippen molar-refractivity contribution in [1.82, 2.24) is 10.2 Å². The maximum absolute atomic E-state index is 13.6. The Morgan fingerprint density at radius 2 is 1.85 bits per heavy atom. The third-order valence-corrected chi connectivity index (χ3v) is 7.21. The van der Waals surface area contributed by atoms with E-state index in [1.165, 1.54) is 10.5 Å². The zero-order valence-corrected chi connectivity index (χ0v) is 20.2. The number of hydrogen-bond donors (Lipinski definition) is 2. The summed E-state index contributed by atoms with van der Waals surface area (Å²) in [5.41, 5.74) is 3.90. The molecule has 0 spiro atoms. The molecule has 0 aromatic heterocycles. The Kier molecular flexibility index (Phi) is 8.47. The van der Waals surface area contributed by atoms with Crippen molar-refractivity contribution in [3.05, 3.63) is 28.8 Å². The first-order valence-electron chi connectivity index (χ1n) is 12.2. The van der Waals surface area contributed by atoms with E-state index in [0.717, 1.165) is 61.8 Å². The number of halogens is 1. The molecule has 1 aromatic rings. The number of rotatable bonds is 8. The highest BCUT2D eigenvalue weighted by molar-refractivity contribution is 5.96. The third kappa shape index (κ3) is 6.11. The zero-order valence-electron chi connectivity index (χ0n) is 20.2. The van der Waals surface area contributed by atoms with Gasteiger partial charge < -0.3 is 15.5 Å². The molecule has 2 atom stereocenters. The van der Waals surface area contributed by atoms with Gasteiger partial charge in [0.05, 0.1) is 19.2 Å². The van der Waals surface area contributed by atoms with Crippen LogP contribution < -0.4 is 10.6 Å². The van der Waals surface area contributed by atoms with E-state index in [2.05, 4.69) is 29.7 Å². The van der Waals surface area contributed by atoms with Crippen LogP contribution in [0.3, 0.4) is 0 Å². The molecule has 1 saturated heterocycles. The number of hydrogen-bond acceptors (Lipinski definition) is 4. The highest BCUT2D eigenvalue weighted by Crippen LogP contribution is 2.41. The van der Waals surface area contributed by atoms with Crippen LogP contribution in [0, 0.1) is 37.5 Å². The van der Waals surface area contributed by atoms with E-state index >= 15 is 0 Å². The number of amides is 2. The van der Waals surface area contributed by atoms with Crippen LogP contribution in [0.1, 0.15) is 68.1 Å². The lowest BCUT2D eigenvalue weighted by Gasteiger charge is -2.36. The molecule has 0 bridgehead atoms. The molecule has 2 fully saturated rings. The van der Waals surface area contributed by atoms with Crippen LogP contribution in [-0.4, -0.2) is 48.6 Å². The molecular formula is C26H37FN4O2. The molecule has 3 rings (SSSR count). The summed E-state index contributed by atoms with van der Waals surface area (Å²) in [6.45, 7) is 6.82. The van der Waals surface area contributed by atoms with Gasteiger partial charge in [0.1, 0.15) is 12.2 Å². The molecule has 0 radical (unpaired) electrons. The lowest BCUT2D eigenvalue weighted by Crippen LogP contribution is -2.42. The Bertz CT molecular complexity index is 881. The zero-order chi connectivity index (χ0) is 24.0. The Morgan fingerprint density at radius 3 is 2.48 bits per heavy atom. The fourth-order valence-corrected chi connectivity index (χ4v) is 5.47. The Hall–Kier alpha value is -2.46. The van der Waals surface area contributed by atoms with Crippen LogP contribution in [-0.2, 0) is 9.59 Å². The second-order valence-corrected chi connectivity index (χ2v) is 9.87. The maximum atomic E-state index is 13.6. The molecule has 1 aliphatic heterocycles. The fourth-order valence-electron chi connectivity index (χ4n) is 5.47. The van der Waals surface area contributed by atoms with Gasteiger partial charge in [0.2, 0.25) is 11.8 Å². The maximum Gasteiger partial charge on any atom is 0.237 e. The summed E-state index contributed by atoms with van der Waals surface area (Å²) >= 11 is 0. The fraction of sp³-hybridized carbons (Fsp3) is 0.654. The first kappa shape index (κ1) is 25.2. The normalized spacial score (nSPS) is 22.1. The van der Waals surface area contributed by atoms with E-state index < -0.39 is 12.2 Å². The number of anilines is 1. The van der Waals surface area contributed by atoms with Crippen LogP contribution in [0.5, 0.6) is 0 Å². The number of carbonyl (C=O) groups is 2. The van der Waals surface area contributed by atoms with Crippen molar-refractivity contribution in [2.24, 2.45) is 5.41 Å². The van der Waals surface area contributed by atoms with Crippen LogP contribution in [0.15, 0.2) is 12.1 Å². The molecule has 1 heterocycles. The van der Waals surface area contributed by atoms with E-state index in [9.17, 15) is 14.0 Å². The third-order valence-electron chi connectivity index (χ3n) is 7.21. The van der Waals surface area contributed by atoms with Crippen molar-refractivity contribution in [3.63, 3.8) is 0 Å². The van der Waals surface area contributed by atoms with Crippen LogP contribution in [0.25, 0.3) is 0 Å². The smallest absolute Gasteiger partial charge is 0.237 e. The average molecular weight is 457 g/mol. The van der Waals surface area contributed by atoms with Gasteiger partial charge in [0, 0.05) is 17.5 Å². The molecule has 33 heavy (non-hydrogen) atoms. The quantitative estimate of drug-likeness (QED) is 0.570. The van der Waals surface area contributed by atoms with E-state index in [0.29, 0.717) is 6.54 Å². The van der Waals surface area contributed by atoms with Gasteiger partial charge >= 0.3 is 0 Å². The SMILES string of the molecule is Cc1cc(C)c(NC(=O)C2(CCCNCC(=O)N3C[C@@H](F)CC3C#N)CCCCC2)c(C)c1. The van der Waals surface area contributed by atoms with Crippen molar-refractivity contribution in [3.8, 4) is 6.07 Å². The minimum atomic E-state index is -1.12. The number of benzene rings is 1. The van der Waals surface area contributed by atoms with Crippen molar-refractivity contribution in [2.45, 2.75) is 84.4 Å². The molecule has 1 unspecified atom stereocenters. The van der Waals surface area contributed by atoms with Crippen molar-refractivity contribution in [1.29, 1.82) is 5.26 Å². The summed E-state index contributed by atoms with van der Waals surface area (Å²) in [5.74, 6) is -0.131. The standard InChI is InChI=1S/C26H37FN4O2/c1-18-12-19(2)24(20(3)13-18)30-25(33)26(8-5-4-6-9-26)10-7-11-29-16-23(32)31-17-21(27)14-22(31)15-28/h12-13,21-22,29H,4-11,14,16-17H2,1-3H3,(H,30,33)/t21-,22?/m0/s1. The van der Waals surface area contributed by atoms with E-state index in [1.807, 2.05) is 19.9 Å². The van der Waals surface area contributed by atoms with Gasteiger partial charge in [-0.1, -0.05) is 37.0 Å². The Balaban J connectivity index is 1.54. The van der Waals surface area contributed by atoms with Crippen molar-refractivity contribution >= 4 is 17.5 Å². The number of likely N-dealkylation sites (tertiary alicyclic amines) is 1. The van der Waals surface area contributed by atoms with E-state index in [1.54, 1.807) is 0 Å². The number of nitrogens with one attached hydrogen (secondary N) is 2. The molecular weight excluding hydrogens is 419 g/mol. The summed E-state index contributed by atoms with van der Waals surface area (Å²) in [4.78, 5) is 27.2. The van der Waals surface area contributed by atoms with Crippen LogP contribution >= 0.6 is 0 Å². The molecule has 1 aromatic carbocycles. The van der Waals surface area contributed by atoms with Gasteiger partial charge in [0.15, 0.2) is 0 Å². The highest BCUT2D eigenvalue weighted by atomic mass is 19.1. The molecule has 1 saturated carbocycles. The van der Waals surface area contributed by atoms with Gasteiger partial charge in [-0.05, 0) is 64.1 Å². The monoisotopic (exact) mass is 456 g/mol. The first-order chi connectivity index (χ1) is 15.8. The number of carbonyl (C=O) groups excluding carboxylic acids is 2. The Morgan fingerprint density at radius 1 is 1.18 bits per heavy atom. The second kappa shape index (κ2) is 11.1. The summed E-state index contributed by atoms with van der Waals surface area (Å²) in [6.07, 6.45) is 5.56. The predicted molar refractivity (Wildman–Crippen MR) is 128 cm³/mol. The molecule has 6 nitrogen and oxygen atoms in total. The molecule has 180 valence electrons. The van der Waals surface area contributed by atoms with Crippen molar-refractivity contribution < 1.29 is 14.0 Å². The highest BCUT2D eigenvalue weighted by Gasteiger charge is 2.39. The lowest BCUT2D eigenvalue weighted by molar-refractivity contribution is -0.130. The Labute approximate surface area is 196 Å². The summed E-state index contributed by atoms with van der Waals surface area (Å²) < 4.78 is 13.6. The minimum absolute atomic E-state index is 0.000133. The number of nitrogens with zero attached hydrogens (tertiary/aromatic N) is 2. The van der Waals surface area contributed by atoms with Gasteiger partial charge in [-0.15, -0.1) is 0 Å². The lowest BCUT2D eigenvalue weighted by atomic mass is 9.70. The largest absolute Gasteiger partial charge is 0.325 e. The second-order valence-electron chi connectivity index (χ2n) is 9.87. The van der Waals surface area contributed by atoms with Crippen molar-refractivity contribution in [2.75, 3.05) is 25.0 Å². The number of aryl methyl sites for hydroxylation is 3. The number of nitriles is 1. The van der Waals surface area contributed by atoms with E-state index in [-0.39, 0.29) is 36.7 Å². The molecule has 1 aliphatic carbocycles. The summed E-state index contributed by atoms with van der Waals surface area (Å²) in [5, 5.41) is 15.5. The van der Waals surface area contributed by atoms with Gasteiger partial charge in [0.25, 0.3) is 0 Å². The average Bonchev–Trinajstić information content (AvgIpc) is 3.17. The molecule has 2 amide bonds. The summed E-state index contributed by atoms with van der Waals surface area (Å²) in [6, 6.07) is 5.54. The topological polar surface area (TPSA) is 85.2 Å². The predicted octanol–water partition coefficient (Wildman–Crippen LogP) is 4.33. The minimum Gasteiger partial charge on any atom is -0.325 e. The van der Waals surface area contributed by atoms with Crippen LogP contribution in [0.4, 0.5) is 10.1 Å².